The smallest absolute Gasteiger partial charge is 0.227 e. The van der Waals surface area contributed by atoms with Gasteiger partial charge in [-0.1, -0.05) is 12.1 Å². The van der Waals surface area contributed by atoms with Gasteiger partial charge < -0.3 is 5.32 Å². The highest BCUT2D eigenvalue weighted by molar-refractivity contribution is 5.80. The van der Waals surface area contributed by atoms with Crippen molar-refractivity contribution in [1.82, 2.24) is 15.0 Å². The molecule has 0 aliphatic heterocycles. The minimum Gasteiger partial charge on any atom is -0.324 e. The van der Waals surface area contributed by atoms with Crippen molar-refractivity contribution < 1.29 is 8.78 Å². The summed E-state index contributed by atoms with van der Waals surface area (Å²) in [6.07, 6.45) is 5.04. The number of aromatic nitrogens is 3. The van der Waals surface area contributed by atoms with Crippen LogP contribution >= 0.6 is 0 Å². The van der Waals surface area contributed by atoms with Gasteiger partial charge in [-0.15, -0.1) is 0 Å². The second kappa shape index (κ2) is 7.29. The molecule has 0 amide bonds. The molecule has 4 nitrogen and oxygen atoms in total. The number of hydrogen-bond donors (Lipinski definition) is 1. The topological polar surface area (TPSA) is 50.7 Å². The van der Waals surface area contributed by atoms with Crippen molar-refractivity contribution in [3.8, 4) is 22.4 Å². The molecule has 2 aromatic carbocycles. The lowest BCUT2D eigenvalue weighted by atomic mass is 10.0. The van der Waals surface area contributed by atoms with E-state index in [1.54, 1.807) is 42.9 Å². The maximum absolute atomic E-state index is 13.3. The van der Waals surface area contributed by atoms with Gasteiger partial charge in [0.25, 0.3) is 0 Å². The zero-order chi connectivity index (χ0) is 18.6. The summed E-state index contributed by atoms with van der Waals surface area (Å²) in [5.41, 5.74) is 3.78. The van der Waals surface area contributed by atoms with Crippen molar-refractivity contribution in [2.24, 2.45) is 0 Å². The third-order valence-corrected chi connectivity index (χ3v) is 4.00. The van der Waals surface area contributed by atoms with Crippen molar-refractivity contribution >= 4 is 11.6 Å². The van der Waals surface area contributed by atoms with Crippen LogP contribution in [0.15, 0.2) is 79.3 Å². The second-order valence-electron chi connectivity index (χ2n) is 5.83. The number of rotatable bonds is 4. The predicted molar refractivity (Wildman–Crippen MR) is 100 cm³/mol. The van der Waals surface area contributed by atoms with Gasteiger partial charge in [-0.05, 0) is 54.1 Å². The summed E-state index contributed by atoms with van der Waals surface area (Å²) in [4.78, 5) is 13.0. The lowest BCUT2D eigenvalue weighted by Crippen LogP contribution is -2.00. The average molecular weight is 360 g/mol. The first-order valence-corrected chi connectivity index (χ1v) is 8.25. The molecule has 0 bridgehead atoms. The summed E-state index contributed by atoms with van der Waals surface area (Å²) in [7, 11) is 0. The Bertz CT molecular complexity index is 1050. The van der Waals surface area contributed by atoms with Gasteiger partial charge in [-0.2, -0.15) is 0 Å². The molecule has 2 aromatic heterocycles. The Hall–Kier alpha value is -3.67. The molecule has 0 spiro atoms. The van der Waals surface area contributed by atoms with Crippen LogP contribution in [-0.4, -0.2) is 15.0 Å². The summed E-state index contributed by atoms with van der Waals surface area (Å²) < 4.78 is 26.4. The van der Waals surface area contributed by atoms with E-state index in [0.29, 0.717) is 17.3 Å². The van der Waals surface area contributed by atoms with Crippen molar-refractivity contribution in [1.29, 1.82) is 0 Å². The van der Waals surface area contributed by atoms with Crippen LogP contribution in [0.1, 0.15) is 0 Å². The fourth-order valence-electron chi connectivity index (χ4n) is 2.67. The van der Waals surface area contributed by atoms with Gasteiger partial charge in [0.15, 0.2) is 0 Å². The van der Waals surface area contributed by atoms with E-state index in [2.05, 4.69) is 20.3 Å². The van der Waals surface area contributed by atoms with E-state index < -0.39 is 0 Å². The number of pyridine rings is 1. The molecule has 4 aromatic rings. The monoisotopic (exact) mass is 360 g/mol. The third kappa shape index (κ3) is 3.79. The Morgan fingerprint density at radius 2 is 1.33 bits per heavy atom. The van der Waals surface area contributed by atoms with E-state index in [0.717, 1.165) is 16.7 Å². The summed E-state index contributed by atoms with van der Waals surface area (Å²) in [5.74, 6) is -0.246. The van der Waals surface area contributed by atoms with Gasteiger partial charge in [0, 0.05) is 35.4 Å². The number of nitrogens with zero attached hydrogens (tertiary/aromatic N) is 3. The minimum atomic E-state index is -0.314. The largest absolute Gasteiger partial charge is 0.324 e. The molecular formula is C21H14F2N4. The quantitative estimate of drug-likeness (QED) is 0.542. The first-order chi connectivity index (χ1) is 13.2. The molecular weight excluding hydrogens is 346 g/mol. The number of hydrogen-bond acceptors (Lipinski definition) is 4. The van der Waals surface area contributed by atoms with Crippen LogP contribution in [0.5, 0.6) is 0 Å². The molecule has 0 atom stereocenters. The van der Waals surface area contributed by atoms with Crippen LogP contribution in [0.2, 0.25) is 0 Å². The van der Waals surface area contributed by atoms with Gasteiger partial charge in [0.2, 0.25) is 5.95 Å². The maximum Gasteiger partial charge on any atom is 0.227 e. The van der Waals surface area contributed by atoms with Crippen molar-refractivity contribution in [2.45, 2.75) is 0 Å². The fraction of sp³-hybridized carbons (Fsp3) is 0. The molecule has 0 radical (unpaired) electrons. The van der Waals surface area contributed by atoms with Crippen LogP contribution in [0.4, 0.5) is 20.4 Å². The molecule has 6 heteroatoms. The highest BCUT2D eigenvalue weighted by Gasteiger charge is 2.12. The van der Waals surface area contributed by atoms with Gasteiger partial charge in [0.1, 0.15) is 11.6 Å². The van der Waals surface area contributed by atoms with Gasteiger partial charge >= 0.3 is 0 Å². The van der Waals surface area contributed by atoms with Crippen molar-refractivity contribution in [3.63, 3.8) is 0 Å². The summed E-state index contributed by atoms with van der Waals surface area (Å²) in [6.45, 7) is 0. The zero-order valence-electron chi connectivity index (χ0n) is 14.1. The Morgan fingerprint density at radius 3 is 2.00 bits per heavy atom. The molecule has 27 heavy (non-hydrogen) atoms. The number of anilines is 2. The van der Waals surface area contributed by atoms with Crippen LogP contribution in [-0.2, 0) is 0 Å². The van der Waals surface area contributed by atoms with E-state index in [9.17, 15) is 8.78 Å². The lowest BCUT2D eigenvalue weighted by Gasteiger charge is -2.12. The Labute approximate surface area is 154 Å². The minimum absolute atomic E-state index is 0.306. The lowest BCUT2D eigenvalue weighted by molar-refractivity contribution is 0.627. The predicted octanol–water partition coefficient (Wildman–Crippen LogP) is 5.23. The molecule has 4 rings (SSSR count). The van der Waals surface area contributed by atoms with Crippen LogP contribution in [0.3, 0.4) is 0 Å². The first-order valence-electron chi connectivity index (χ1n) is 8.25. The van der Waals surface area contributed by atoms with Crippen LogP contribution in [0, 0.1) is 11.6 Å². The highest BCUT2D eigenvalue weighted by atomic mass is 19.1. The Morgan fingerprint density at radius 1 is 0.704 bits per heavy atom. The zero-order valence-corrected chi connectivity index (χ0v) is 14.1. The number of nitrogens with one attached hydrogen (secondary N) is 1. The van der Waals surface area contributed by atoms with Gasteiger partial charge in [0.05, 0.1) is 5.69 Å². The van der Waals surface area contributed by atoms with E-state index >= 15 is 0 Å². The van der Waals surface area contributed by atoms with Gasteiger partial charge in [-0.25, -0.2) is 18.7 Å². The molecule has 2 heterocycles. The number of halogens is 2. The van der Waals surface area contributed by atoms with E-state index in [-0.39, 0.29) is 11.6 Å². The standard InChI is InChI=1S/C21H14F2N4/c22-16-3-1-14(2-4-16)19-13-25-21(26-18-7-5-17(23)6-8-18)27-20(19)15-9-11-24-12-10-15/h1-13H,(H,25,26,27). The normalized spacial score (nSPS) is 10.6. The molecule has 0 aliphatic carbocycles. The molecule has 0 aliphatic rings. The highest BCUT2D eigenvalue weighted by Crippen LogP contribution is 2.31. The summed E-state index contributed by atoms with van der Waals surface area (Å²) in [5, 5.41) is 3.06. The Balaban J connectivity index is 1.78. The van der Waals surface area contributed by atoms with Crippen LogP contribution in [0.25, 0.3) is 22.4 Å². The molecule has 1 N–H and O–H groups in total. The average Bonchev–Trinajstić information content (AvgIpc) is 2.71. The molecule has 132 valence electrons. The molecule has 0 fully saturated rings. The van der Waals surface area contributed by atoms with E-state index in [1.165, 1.54) is 24.3 Å². The van der Waals surface area contributed by atoms with E-state index in [4.69, 9.17) is 0 Å². The summed E-state index contributed by atoms with van der Waals surface area (Å²) >= 11 is 0. The molecule has 0 unspecified atom stereocenters. The van der Waals surface area contributed by atoms with Crippen molar-refractivity contribution in [2.75, 3.05) is 5.32 Å². The fourth-order valence-corrected chi connectivity index (χ4v) is 2.67. The molecule has 0 saturated carbocycles. The molecule has 0 saturated heterocycles. The maximum atomic E-state index is 13.3. The first kappa shape index (κ1) is 16.8. The summed E-state index contributed by atoms with van der Waals surface area (Å²) in [6, 6.07) is 15.8. The SMILES string of the molecule is Fc1ccc(Nc2ncc(-c3ccc(F)cc3)c(-c3ccncc3)n2)cc1. The van der Waals surface area contributed by atoms with Crippen LogP contribution < -0.4 is 5.32 Å². The third-order valence-electron chi connectivity index (χ3n) is 4.00. The van der Waals surface area contributed by atoms with Crippen molar-refractivity contribution in [3.05, 3.63) is 90.9 Å². The van der Waals surface area contributed by atoms with E-state index in [1.807, 2.05) is 12.1 Å². The Kier molecular flexibility index (Phi) is 4.53. The van der Waals surface area contributed by atoms with Gasteiger partial charge in [-0.3, -0.25) is 4.98 Å². The second-order valence-corrected chi connectivity index (χ2v) is 5.83. The number of benzene rings is 2.